The Morgan fingerprint density at radius 3 is 2.47 bits per heavy atom. The minimum atomic E-state index is -0.951. The van der Waals surface area contributed by atoms with Crippen LogP contribution in [0.15, 0.2) is 12.1 Å². The van der Waals surface area contributed by atoms with E-state index in [0.717, 1.165) is 6.07 Å². The van der Waals surface area contributed by atoms with Gasteiger partial charge in [-0.15, -0.1) is 0 Å². The molecule has 164 valence electrons. The molecule has 0 aromatic heterocycles. The average molecular weight is 440 g/mol. The molecule has 1 aromatic rings. The van der Waals surface area contributed by atoms with Crippen LogP contribution in [0.3, 0.4) is 0 Å². The van der Waals surface area contributed by atoms with Crippen LogP contribution >= 0.6 is 11.8 Å². The first-order valence-corrected chi connectivity index (χ1v) is 10.6. The number of nitro groups is 2. The number of non-ortho nitro benzene ring substituents is 1. The number of benzene rings is 1. The number of ether oxygens (including phenoxy) is 1. The van der Waals surface area contributed by atoms with Gasteiger partial charge in [0.2, 0.25) is 5.91 Å². The molecule has 0 spiro atoms. The minimum absolute atomic E-state index is 0.0377. The van der Waals surface area contributed by atoms with Gasteiger partial charge in [-0.2, -0.15) is 11.8 Å². The van der Waals surface area contributed by atoms with E-state index in [1.807, 2.05) is 6.26 Å². The van der Waals surface area contributed by atoms with Crippen molar-refractivity contribution in [2.75, 3.05) is 23.5 Å². The second-order valence-corrected chi connectivity index (χ2v) is 8.69. The summed E-state index contributed by atoms with van der Waals surface area (Å²) in [6, 6.07) is 1.14. The standard InChI is InChI=1S/C18H24N4O7S/c1-18(2,3)29-17(24)19-13(6-8-30-4)16(23)20-7-5-11-9-12(21(25)26)10-14(15(11)20)22(27)28/h9-10,13H,5-8H2,1-4H3,(H,19,24)/t13-/m0/s1. The number of nitrogens with one attached hydrogen (secondary N) is 1. The smallest absolute Gasteiger partial charge is 0.408 e. The van der Waals surface area contributed by atoms with Gasteiger partial charge in [-0.05, 0) is 51.2 Å². The van der Waals surface area contributed by atoms with Gasteiger partial charge in [0.15, 0.2) is 0 Å². The van der Waals surface area contributed by atoms with Crippen LogP contribution < -0.4 is 10.2 Å². The van der Waals surface area contributed by atoms with E-state index in [2.05, 4.69) is 5.32 Å². The summed E-state index contributed by atoms with van der Waals surface area (Å²) in [5.41, 5.74) is -1.28. The first-order chi connectivity index (χ1) is 13.9. The number of hydrogen-bond donors (Lipinski definition) is 1. The lowest BCUT2D eigenvalue weighted by molar-refractivity contribution is -0.393. The maximum absolute atomic E-state index is 13.2. The molecule has 0 bridgehead atoms. The lowest BCUT2D eigenvalue weighted by Crippen LogP contribution is -2.49. The molecule has 0 unspecified atom stereocenters. The summed E-state index contributed by atoms with van der Waals surface area (Å²) >= 11 is 1.48. The zero-order chi connectivity index (χ0) is 22.6. The number of hydrogen-bond acceptors (Lipinski definition) is 8. The van der Waals surface area contributed by atoms with Crippen molar-refractivity contribution in [1.29, 1.82) is 0 Å². The predicted molar refractivity (Wildman–Crippen MR) is 112 cm³/mol. The van der Waals surface area contributed by atoms with Crippen LogP contribution in [0.1, 0.15) is 32.8 Å². The van der Waals surface area contributed by atoms with E-state index in [9.17, 15) is 29.8 Å². The van der Waals surface area contributed by atoms with E-state index < -0.39 is 44.9 Å². The number of rotatable bonds is 7. The van der Waals surface area contributed by atoms with Gasteiger partial charge < -0.3 is 15.0 Å². The van der Waals surface area contributed by atoms with Crippen molar-refractivity contribution in [3.05, 3.63) is 37.9 Å². The second kappa shape index (κ2) is 9.28. The summed E-state index contributed by atoms with van der Waals surface area (Å²) in [6.45, 7) is 5.21. The molecule has 11 nitrogen and oxygen atoms in total. The highest BCUT2D eigenvalue weighted by Crippen LogP contribution is 2.40. The molecule has 0 saturated heterocycles. The van der Waals surface area contributed by atoms with Crippen LogP contribution in [0.25, 0.3) is 0 Å². The monoisotopic (exact) mass is 440 g/mol. The third-order valence-corrected chi connectivity index (χ3v) is 4.95. The number of carbonyl (C=O) groups excluding carboxylic acids is 2. The van der Waals surface area contributed by atoms with Gasteiger partial charge in [0.1, 0.15) is 17.3 Å². The van der Waals surface area contributed by atoms with Crippen molar-refractivity contribution in [3.63, 3.8) is 0 Å². The lowest BCUT2D eigenvalue weighted by atomic mass is 10.1. The Hall–Kier alpha value is -2.89. The molecule has 1 aromatic carbocycles. The lowest BCUT2D eigenvalue weighted by Gasteiger charge is -2.26. The molecular weight excluding hydrogens is 416 g/mol. The van der Waals surface area contributed by atoms with E-state index in [1.165, 1.54) is 22.7 Å². The van der Waals surface area contributed by atoms with Crippen LogP contribution in [0.5, 0.6) is 0 Å². The zero-order valence-electron chi connectivity index (χ0n) is 17.2. The third kappa shape index (κ3) is 5.59. The molecule has 1 N–H and O–H groups in total. The number of thioether (sulfide) groups is 1. The van der Waals surface area contributed by atoms with Gasteiger partial charge in [0, 0.05) is 12.6 Å². The Morgan fingerprint density at radius 2 is 1.93 bits per heavy atom. The molecule has 1 atom stereocenters. The van der Waals surface area contributed by atoms with Crippen LogP contribution in [-0.2, 0) is 16.0 Å². The topological polar surface area (TPSA) is 145 Å². The number of alkyl carbamates (subject to hydrolysis) is 1. The van der Waals surface area contributed by atoms with E-state index in [1.54, 1.807) is 20.8 Å². The molecule has 2 rings (SSSR count). The average Bonchev–Trinajstić information content (AvgIpc) is 3.05. The number of amides is 2. The fourth-order valence-electron chi connectivity index (χ4n) is 3.10. The van der Waals surface area contributed by atoms with Gasteiger partial charge in [0.05, 0.1) is 15.9 Å². The largest absolute Gasteiger partial charge is 0.444 e. The summed E-state index contributed by atoms with van der Waals surface area (Å²) in [5, 5.41) is 25.2. The van der Waals surface area contributed by atoms with Crippen LogP contribution in [0.4, 0.5) is 21.9 Å². The van der Waals surface area contributed by atoms with Crippen molar-refractivity contribution in [2.45, 2.75) is 45.3 Å². The van der Waals surface area contributed by atoms with E-state index in [0.29, 0.717) is 17.7 Å². The highest BCUT2D eigenvalue weighted by atomic mass is 32.2. The van der Waals surface area contributed by atoms with Crippen molar-refractivity contribution in [2.24, 2.45) is 0 Å². The number of nitrogens with zero attached hydrogens (tertiary/aromatic N) is 3. The Balaban J connectivity index is 2.36. The van der Waals surface area contributed by atoms with Crippen molar-refractivity contribution >= 4 is 40.8 Å². The van der Waals surface area contributed by atoms with Gasteiger partial charge >= 0.3 is 6.09 Å². The van der Waals surface area contributed by atoms with E-state index >= 15 is 0 Å². The molecule has 1 aliphatic rings. The predicted octanol–water partition coefficient (Wildman–Crippen LogP) is 3.04. The summed E-state index contributed by atoms with van der Waals surface area (Å²) in [5.74, 6) is 0.0422. The summed E-state index contributed by atoms with van der Waals surface area (Å²) in [4.78, 5) is 47.8. The molecule has 0 fully saturated rings. The molecule has 1 aliphatic heterocycles. The van der Waals surface area contributed by atoms with Gasteiger partial charge in [-0.1, -0.05) is 0 Å². The Morgan fingerprint density at radius 1 is 1.27 bits per heavy atom. The first kappa shape index (κ1) is 23.4. The van der Waals surface area contributed by atoms with Gasteiger partial charge in [-0.25, -0.2) is 4.79 Å². The maximum Gasteiger partial charge on any atom is 0.408 e. The van der Waals surface area contributed by atoms with Crippen LogP contribution in [-0.4, -0.2) is 52.0 Å². The first-order valence-electron chi connectivity index (χ1n) is 9.20. The Bertz CT molecular complexity index is 869. The summed E-state index contributed by atoms with van der Waals surface area (Å²) in [7, 11) is 0. The highest BCUT2D eigenvalue weighted by molar-refractivity contribution is 7.98. The quantitative estimate of drug-likeness (QED) is 0.503. The summed E-state index contributed by atoms with van der Waals surface area (Å²) in [6.07, 6.45) is 1.63. The third-order valence-electron chi connectivity index (χ3n) is 4.30. The molecule has 1 heterocycles. The summed E-state index contributed by atoms with van der Waals surface area (Å²) < 4.78 is 5.22. The molecule has 0 radical (unpaired) electrons. The zero-order valence-corrected chi connectivity index (χ0v) is 18.0. The number of carbonyl (C=O) groups is 2. The number of nitro benzene ring substituents is 2. The van der Waals surface area contributed by atoms with E-state index in [4.69, 9.17) is 4.74 Å². The van der Waals surface area contributed by atoms with Crippen LogP contribution in [0.2, 0.25) is 0 Å². The molecule has 0 aliphatic carbocycles. The second-order valence-electron chi connectivity index (χ2n) is 7.71. The SMILES string of the molecule is CSCC[C@H](NC(=O)OC(C)(C)C)C(=O)N1CCc2cc([N+](=O)[O-])cc([N+](=O)[O-])c21. The molecule has 30 heavy (non-hydrogen) atoms. The van der Waals surface area contributed by atoms with Gasteiger partial charge in [0.25, 0.3) is 11.4 Å². The normalized spacial score (nSPS) is 14.1. The molecule has 12 heteroatoms. The Kier molecular flexibility index (Phi) is 7.24. The fourth-order valence-corrected chi connectivity index (χ4v) is 3.58. The molecule has 0 saturated carbocycles. The van der Waals surface area contributed by atoms with Gasteiger partial charge in [-0.3, -0.25) is 25.0 Å². The Labute approximate surface area is 177 Å². The number of anilines is 1. The molecule has 2 amide bonds. The fraction of sp³-hybridized carbons (Fsp3) is 0.556. The maximum atomic E-state index is 13.2. The number of fused-ring (bicyclic) bond motifs is 1. The van der Waals surface area contributed by atoms with E-state index in [-0.39, 0.29) is 18.7 Å². The van der Waals surface area contributed by atoms with Crippen LogP contribution in [0, 0.1) is 20.2 Å². The van der Waals surface area contributed by atoms with Crippen molar-refractivity contribution in [1.82, 2.24) is 5.32 Å². The molecular formula is C18H24N4O7S. The minimum Gasteiger partial charge on any atom is -0.444 e. The van der Waals surface area contributed by atoms with Crippen molar-refractivity contribution < 1.29 is 24.2 Å². The van der Waals surface area contributed by atoms with Crippen molar-refractivity contribution in [3.8, 4) is 0 Å². The highest BCUT2D eigenvalue weighted by Gasteiger charge is 2.38.